The predicted molar refractivity (Wildman–Crippen MR) is 72.7 cm³/mol. The number of carbonyl (C=O) groups excluding carboxylic acids is 1. The van der Waals surface area contributed by atoms with Crippen molar-refractivity contribution in [3.63, 3.8) is 0 Å². The molecule has 0 amide bonds. The number of carbonyl (C=O) groups is 1. The van der Waals surface area contributed by atoms with Crippen LogP contribution in [0.3, 0.4) is 0 Å². The average molecular weight is 263 g/mol. The zero-order valence-corrected chi connectivity index (χ0v) is 11.3. The second kappa shape index (κ2) is 6.57. The van der Waals surface area contributed by atoms with Crippen molar-refractivity contribution in [3.05, 3.63) is 29.8 Å². The number of nitrogens with zero attached hydrogens (tertiary/aromatic N) is 1. The van der Waals surface area contributed by atoms with Crippen LogP contribution in [-0.4, -0.2) is 35.7 Å². The third-order valence-electron chi connectivity index (χ3n) is 3.47. The quantitative estimate of drug-likeness (QED) is 0.846. The molecule has 4 heteroatoms. The molecule has 1 fully saturated rings. The van der Waals surface area contributed by atoms with Crippen LogP contribution in [0.5, 0.6) is 5.75 Å². The second-order valence-corrected chi connectivity index (χ2v) is 4.99. The van der Waals surface area contributed by atoms with E-state index in [0.717, 1.165) is 38.0 Å². The van der Waals surface area contributed by atoms with Crippen LogP contribution in [0.15, 0.2) is 24.3 Å². The van der Waals surface area contributed by atoms with Gasteiger partial charge in [-0.15, -0.1) is 0 Å². The molecular formula is C15H21NO3. The van der Waals surface area contributed by atoms with E-state index in [9.17, 15) is 9.90 Å². The Labute approximate surface area is 114 Å². The van der Waals surface area contributed by atoms with Crippen LogP contribution < -0.4 is 0 Å². The van der Waals surface area contributed by atoms with Gasteiger partial charge in [-0.3, -0.25) is 9.69 Å². The first kappa shape index (κ1) is 13.9. The monoisotopic (exact) mass is 263 g/mol. The van der Waals surface area contributed by atoms with Gasteiger partial charge in [-0.25, -0.2) is 0 Å². The van der Waals surface area contributed by atoms with E-state index >= 15 is 0 Å². The van der Waals surface area contributed by atoms with E-state index in [0.29, 0.717) is 6.61 Å². The second-order valence-electron chi connectivity index (χ2n) is 4.99. The molecule has 1 aliphatic rings. The highest BCUT2D eigenvalue weighted by Gasteiger charge is 2.26. The fourth-order valence-electron chi connectivity index (χ4n) is 2.51. The topological polar surface area (TPSA) is 49.8 Å². The van der Waals surface area contributed by atoms with Crippen LogP contribution in [0, 0.1) is 5.92 Å². The summed E-state index contributed by atoms with van der Waals surface area (Å²) >= 11 is 0. The van der Waals surface area contributed by atoms with Gasteiger partial charge in [0.2, 0.25) is 0 Å². The summed E-state index contributed by atoms with van der Waals surface area (Å²) in [6.45, 7) is 4.88. The minimum atomic E-state index is -0.0714. The fraction of sp³-hybridized carbons (Fsp3) is 0.533. The Balaban J connectivity index is 1.90. The smallest absolute Gasteiger partial charge is 0.310 e. The third-order valence-corrected chi connectivity index (χ3v) is 3.47. The number of hydrogen-bond donors (Lipinski definition) is 1. The van der Waals surface area contributed by atoms with Crippen LogP contribution in [0.1, 0.15) is 25.3 Å². The van der Waals surface area contributed by atoms with Gasteiger partial charge in [0.1, 0.15) is 5.75 Å². The number of phenolic OH excluding ortho intramolecular Hbond substituents is 1. The average Bonchev–Trinajstić information content (AvgIpc) is 2.42. The largest absolute Gasteiger partial charge is 0.508 e. The van der Waals surface area contributed by atoms with Crippen LogP contribution >= 0.6 is 0 Å². The molecule has 1 heterocycles. The van der Waals surface area contributed by atoms with E-state index in [2.05, 4.69) is 4.90 Å². The zero-order chi connectivity index (χ0) is 13.7. The predicted octanol–water partition coefficient (Wildman–Crippen LogP) is 2.17. The van der Waals surface area contributed by atoms with E-state index in [1.165, 1.54) is 0 Å². The highest BCUT2D eigenvalue weighted by Crippen LogP contribution is 2.20. The highest BCUT2D eigenvalue weighted by atomic mass is 16.5. The minimum absolute atomic E-state index is 0.00538. The molecule has 0 bridgehead atoms. The fourth-order valence-corrected chi connectivity index (χ4v) is 2.51. The number of aromatic hydroxyl groups is 1. The first-order chi connectivity index (χ1) is 9.19. The number of likely N-dealkylation sites (tertiary alicyclic amines) is 1. The Morgan fingerprint density at radius 1 is 1.42 bits per heavy atom. The summed E-state index contributed by atoms with van der Waals surface area (Å²) in [4.78, 5) is 14.0. The van der Waals surface area contributed by atoms with E-state index in [4.69, 9.17) is 4.74 Å². The van der Waals surface area contributed by atoms with Gasteiger partial charge in [0, 0.05) is 13.1 Å². The molecule has 1 atom stereocenters. The molecule has 1 unspecified atom stereocenters. The molecule has 1 aromatic rings. The molecule has 4 nitrogen and oxygen atoms in total. The normalized spacial score (nSPS) is 20.2. The summed E-state index contributed by atoms with van der Waals surface area (Å²) in [5, 5.41) is 9.26. The SMILES string of the molecule is CCOC(=O)C1CCCN(Cc2ccc(O)cc2)C1. The molecule has 19 heavy (non-hydrogen) atoms. The van der Waals surface area contributed by atoms with E-state index in [1.807, 2.05) is 19.1 Å². The first-order valence-electron chi connectivity index (χ1n) is 6.86. The number of piperidine rings is 1. The molecule has 1 aromatic carbocycles. The number of benzene rings is 1. The summed E-state index contributed by atoms with van der Waals surface area (Å²) in [6.07, 6.45) is 1.95. The number of ether oxygens (including phenoxy) is 1. The highest BCUT2D eigenvalue weighted by molar-refractivity contribution is 5.72. The van der Waals surface area contributed by atoms with Crippen molar-refractivity contribution in [2.24, 2.45) is 5.92 Å². The van der Waals surface area contributed by atoms with Crippen molar-refractivity contribution in [2.75, 3.05) is 19.7 Å². The van der Waals surface area contributed by atoms with Crippen LogP contribution in [0.2, 0.25) is 0 Å². The van der Waals surface area contributed by atoms with Gasteiger partial charge in [0.25, 0.3) is 0 Å². The lowest BCUT2D eigenvalue weighted by Gasteiger charge is -2.31. The number of esters is 1. The Kier molecular flexibility index (Phi) is 4.80. The van der Waals surface area contributed by atoms with Gasteiger partial charge in [-0.2, -0.15) is 0 Å². The lowest BCUT2D eigenvalue weighted by atomic mass is 9.98. The number of phenols is 1. The van der Waals surface area contributed by atoms with Crippen LogP contribution in [0.25, 0.3) is 0 Å². The Hall–Kier alpha value is -1.55. The summed E-state index contributed by atoms with van der Waals surface area (Å²) in [5.74, 6) is 0.218. The van der Waals surface area contributed by atoms with Gasteiger partial charge in [0.15, 0.2) is 0 Å². The van der Waals surface area contributed by atoms with Crippen molar-refractivity contribution in [1.29, 1.82) is 0 Å². The van der Waals surface area contributed by atoms with Crippen LogP contribution in [0.4, 0.5) is 0 Å². The van der Waals surface area contributed by atoms with Crippen molar-refractivity contribution in [3.8, 4) is 5.75 Å². The molecular weight excluding hydrogens is 242 g/mol. The van der Waals surface area contributed by atoms with E-state index in [-0.39, 0.29) is 17.6 Å². The van der Waals surface area contributed by atoms with Crippen molar-refractivity contribution >= 4 is 5.97 Å². The maximum atomic E-state index is 11.8. The van der Waals surface area contributed by atoms with Gasteiger partial charge in [0.05, 0.1) is 12.5 Å². The molecule has 1 N–H and O–H groups in total. The Morgan fingerprint density at radius 3 is 2.84 bits per heavy atom. The Bertz CT molecular complexity index is 416. The third kappa shape index (κ3) is 3.96. The van der Waals surface area contributed by atoms with Gasteiger partial charge in [-0.1, -0.05) is 12.1 Å². The molecule has 0 aliphatic carbocycles. The molecule has 0 radical (unpaired) electrons. The van der Waals surface area contributed by atoms with Crippen molar-refractivity contribution < 1.29 is 14.6 Å². The first-order valence-corrected chi connectivity index (χ1v) is 6.86. The van der Waals surface area contributed by atoms with E-state index in [1.54, 1.807) is 12.1 Å². The zero-order valence-electron chi connectivity index (χ0n) is 11.3. The van der Waals surface area contributed by atoms with Gasteiger partial charge < -0.3 is 9.84 Å². The van der Waals surface area contributed by atoms with Crippen molar-refractivity contribution in [2.45, 2.75) is 26.3 Å². The molecule has 0 saturated carbocycles. The van der Waals surface area contributed by atoms with Gasteiger partial charge in [-0.05, 0) is 44.0 Å². The lowest BCUT2D eigenvalue weighted by Crippen LogP contribution is -2.38. The summed E-state index contributed by atoms with van der Waals surface area (Å²) < 4.78 is 5.10. The molecule has 0 spiro atoms. The number of rotatable bonds is 4. The molecule has 104 valence electrons. The summed E-state index contributed by atoms with van der Waals surface area (Å²) in [6, 6.07) is 7.23. The molecule has 1 aliphatic heterocycles. The minimum Gasteiger partial charge on any atom is -0.508 e. The molecule has 0 aromatic heterocycles. The Morgan fingerprint density at radius 2 is 2.16 bits per heavy atom. The van der Waals surface area contributed by atoms with Gasteiger partial charge >= 0.3 is 5.97 Å². The number of hydrogen-bond acceptors (Lipinski definition) is 4. The summed E-state index contributed by atoms with van der Waals surface area (Å²) in [5.41, 5.74) is 1.15. The molecule has 1 saturated heterocycles. The standard InChI is InChI=1S/C15H21NO3/c1-2-19-15(18)13-4-3-9-16(11-13)10-12-5-7-14(17)8-6-12/h5-8,13,17H,2-4,9-11H2,1H3. The maximum Gasteiger partial charge on any atom is 0.310 e. The lowest BCUT2D eigenvalue weighted by molar-refractivity contribution is -0.150. The summed E-state index contributed by atoms with van der Waals surface area (Å²) in [7, 11) is 0. The van der Waals surface area contributed by atoms with Crippen LogP contribution in [-0.2, 0) is 16.1 Å². The maximum absolute atomic E-state index is 11.8. The van der Waals surface area contributed by atoms with E-state index < -0.39 is 0 Å². The molecule has 2 rings (SSSR count). The van der Waals surface area contributed by atoms with Crippen molar-refractivity contribution in [1.82, 2.24) is 4.90 Å².